The van der Waals surface area contributed by atoms with Gasteiger partial charge in [-0.1, -0.05) is 55.8 Å². The monoisotopic (exact) mass is 429 g/mol. The van der Waals surface area contributed by atoms with E-state index in [-0.39, 0.29) is 12.4 Å². The number of pyridine rings is 1. The molecule has 2 heterocycles. The fraction of sp³-hybridized carbons (Fsp3) is 0.375. The molecule has 0 N–H and O–H groups in total. The number of para-hydroxylation sites is 1. The van der Waals surface area contributed by atoms with Crippen LogP contribution in [0.1, 0.15) is 26.7 Å². The van der Waals surface area contributed by atoms with Gasteiger partial charge in [-0.3, -0.25) is 0 Å². The highest BCUT2D eigenvalue weighted by molar-refractivity contribution is 6.30. The summed E-state index contributed by atoms with van der Waals surface area (Å²) in [6.45, 7) is 9.00. The van der Waals surface area contributed by atoms with Gasteiger partial charge in [-0.25, -0.2) is 4.98 Å². The van der Waals surface area contributed by atoms with Gasteiger partial charge in [-0.05, 0) is 50.2 Å². The number of anilines is 1. The largest absolute Gasteiger partial charge is 0.371 e. The number of halogens is 2. The number of benzene rings is 2. The Morgan fingerprint density at radius 2 is 1.66 bits per heavy atom. The maximum absolute atomic E-state index is 6.08. The average Bonchev–Trinajstić information content (AvgIpc) is 2.75. The maximum Gasteiger partial charge on any atom is 0.0730 e. The van der Waals surface area contributed by atoms with Crippen molar-refractivity contribution in [3.8, 4) is 11.3 Å². The van der Waals surface area contributed by atoms with E-state index in [0.717, 1.165) is 48.0 Å². The zero-order valence-electron chi connectivity index (χ0n) is 17.1. The minimum absolute atomic E-state index is 0. The highest BCUT2D eigenvalue weighted by Gasteiger charge is 2.24. The molecule has 1 aliphatic rings. The van der Waals surface area contributed by atoms with Gasteiger partial charge < -0.3 is 9.80 Å². The molecule has 3 nitrogen and oxygen atoms in total. The Kier molecular flexibility index (Phi) is 7.39. The topological polar surface area (TPSA) is 19.4 Å². The molecule has 0 spiro atoms. The van der Waals surface area contributed by atoms with E-state index in [1.54, 1.807) is 0 Å². The smallest absolute Gasteiger partial charge is 0.0730 e. The highest BCUT2D eigenvalue weighted by Crippen LogP contribution is 2.33. The molecule has 0 amide bonds. The standard InChI is InChI=1S/C24H28ClN3.ClH/c1-3-27(4-2)20-13-15-28(16-14-20)24-17-23(18-9-11-19(25)12-10-18)26-22-8-6-5-7-21(22)24;/h5-12,17,20H,3-4,13-16H2,1-2H3;1H. The molecule has 4 rings (SSSR count). The maximum atomic E-state index is 6.08. The van der Waals surface area contributed by atoms with Crippen LogP contribution in [-0.2, 0) is 0 Å². The molecule has 2 aromatic carbocycles. The summed E-state index contributed by atoms with van der Waals surface area (Å²) >= 11 is 6.08. The Morgan fingerprint density at radius 1 is 1.00 bits per heavy atom. The molecule has 5 heteroatoms. The van der Waals surface area contributed by atoms with Crippen LogP contribution >= 0.6 is 24.0 Å². The highest BCUT2D eigenvalue weighted by atomic mass is 35.5. The first-order valence-electron chi connectivity index (χ1n) is 10.3. The molecule has 1 saturated heterocycles. The summed E-state index contributed by atoms with van der Waals surface area (Å²) < 4.78 is 0. The van der Waals surface area contributed by atoms with E-state index in [1.807, 2.05) is 12.1 Å². The minimum atomic E-state index is 0. The quantitative estimate of drug-likeness (QED) is 0.474. The Bertz CT molecular complexity index is 931. The Labute approximate surface area is 185 Å². The van der Waals surface area contributed by atoms with Gasteiger partial charge in [0.25, 0.3) is 0 Å². The van der Waals surface area contributed by atoms with Crippen LogP contribution in [0.15, 0.2) is 54.6 Å². The van der Waals surface area contributed by atoms with Crippen LogP contribution in [0.5, 0.6) is 0 Å². The number of hydrogen-bond donors (Lipinski definition) is 0. The average molecular weight is 430 g/mol. The van der Waals surface area contributed by atoms with Crippen LogP contribution in [0.2, 0.25) is 5.02 Å². The molecule has 29 heavy (non-hydrogen) atoms. The van der Waals surface area contributed by atoms with Crippen molar-refractivity contribution in [1.82, 2.24) is 9.88 Å². The lowest BCUT2D eigenvalue weighted by molar-refractivity contribution is 0.186. The van der Waals surface area contributed by atoms with Crippen molar-refractivity contribution < 1.29 is 0 Å². The number of aromatic nitrogens is 1. The van der Waals surface area contributed by atoms with Gasteiger partial charge in [0, 0.05) is 40.8 Å². The lowest BCUT2D eigenvalue weighted by Crippen LogP contribution is -2.44. The molecule has 0 bridgehead atoms. The summed E-state index contributed by atoms with van der Waals surface area (Å²) in [5.74, 6) is 0. The molecule has 0 aliphatic carbocycles. The van der Waals surface area contributed by atoms with Crippen LogP contribution in [0.4, 0.5) is 5.69 Å². The third-order valence-electron chi connectivity index (χ3n) is 5.97. The molecule has 0 saturated carbocycles. The molecule has 0 unspecified atom stereocenters. The summed E-state index contributed by atoms with van der Waals surface area (Å²) in [6, 6.07) is 19.4. The molecule has 1 aliphatic heterocycles. The molecule has 154 valence electrons. The van der Waals surface area contributed by atoms with Gasteiger partial charge in [-0.15, -0.1) is 12.4 Å². The zero-order chi connectivity index (χ0) is 19.5. The number of piperidine rings is 1. The first-order chi connectivity index (χ1) is 13.7. The second-order valence-electron chi connectivity index (χ2n) is 7.49. The Morgan fingerprint density at radius 3 is 2.31 bits per heavy atom. The van der Waals surface area contributed by atoms with Gasteiger partial charge in [-0.2, -0.15) is 0 Å². The van der Waals surface area contributed by atoms with E-state index in [9.17, 15) is 0 Å². The van der Waals surface area contributed by atoms with Gasteiger partial charge in [0.15, 0.2) is 0 Å². The predicted molar refractivity (Wildman–Crippen MR) is 128 cm³/mol. The zero-order valence-corrected chi connectivity index (χ0v) is 18.7. The fourth-order valence-corrected chi connectivity index (χ4v) is 4.53. The van der Waals surface area contributed by atoms with Crippen molar-refractivity contribution in [2.24, 2.45) is 0 Å². The van der Waals surface area contributed by atoms with E-state index >= 15 is 0 Å². The van der Waals surface area contributed by atoms with E-state index < -0.39 is 0 Å². The summed E-state index contributed by atoms with van der Waals surface area (Å²) in [5, 5.41) is 1.99. The van der Waals surface area contributed by atoms with Crippen molar-refractivity contribution >= 4 is 40.6 Å². The lowest BCUT2D eigenvalue weighted by atomic mass is 10.0. The molecule has 3 aromatic rings. The number of fused-ring (bicyclic) bond motifs is 1. The molecule has 0 atom stereocenters. The van der Waals surface area contributed by atoms with Gasteiger partial charge in [0.2, 0.25) is 0 Å². The first-order valence-corrected chi connectivity index (χ1v) is 10.7. The molecule has 0 radical (unpaired) electrons. The number of hydrogen-bond acceptors (Lipinski definition) is 3. The van der Waals surface area contributed by atoms with Crippen LogP contribution in [0, 0.1) is 0 Å². The SMILES string of the molecule is CCN(CC)C1CCN(c2cc(-c3ccc(Cl)cc3)nc3ccccc23)CC1.Cl. The summed E-state index contributed by atoms with van der Waals surface area (Å²) in [7, 11) is 0. The predicted octanol–water partition coefficient (Wildman–Crippen LogP) is 6.29. The third-order valence-corrected chi connectivity index (χ3v) is 6.22. The molecular formula is C24H29Cl2N3. The third kappa shape index (κ3) is 4.69. The lowest BCUT2D eigenvalue weighted by Gasteiger charge is -2.39. The Hall–Kier alpha value is -1.81. The first kappa shape index (κ1) is 21.9. The van der Waals surface area contributed by atoms with Crippen LogP contribution < -0.4 is 4.90 Å². The summed E-state index contributed by atoms with van der Waals surface area (Å²) in [6.07, 6.45) is 2.43. The number of rotatable bonds is 5. The fourth-order valence-electron chi connectivity index (χ4n) is 4.40. The van der Waals surface area contributed by atoms with Crippen LogP contribution in [-0.4, -0.2) is 42.1 Å². The molecule has 1 aromatic heterocycles. The second-order valence-corrected chi connectivity index (χ2v) is 7.93. The van der Waals surface area contributed by atoms with Crippen molar-refractivity contribution in [3.05, 3.63) is 59.6 Å². The van der Waals surface area contributed by atoms with Crippen molar-refractivity contribution in [3.63, 3.8) is 0 Å². The van der Waals surface area contributed by atoms with Crippen LogP contribution in [0.25, 0.3) is 22.2 Å². The molecular weight excluding hydrogens is 401 g/mol. The van der Waals surface area contributed by atoms with Gasteiger partial charge in [0.1, 0.15) is 0 Å². The van der Waals surface area contributed by atoms with Gasteiger partial charge in [0.05, 0.1) is 11.2 Å². The summed E-state index contributed by atoms with van der Waals surface area (Å²) in [4.78, 5) is 10.1. The van der Waals surface area contributed by atoms with E-state index in [4.69, 9.17) is 16.6 Å². The van der Waals surface area contributed by atoms with Gasteiger partial charge >= 0.3 is 0 Å². The Balaban J connectivity index is 0.00000240. The second kappa shape index (κ2) is 9.80. The summed E-state index contributed by atoms with van der Waals surface area (Å²) in [5.41, 5.74) is 4.47. The normalized spacial score (nSPS) is 15.0. The van der Waals surface area contributed by atoms with Crippen molar-refractivity contribution in [2.45, 2.75) is 32.7 Å². The van der Waals surface area contributed by atoms with Crippen LogP contribution in [0.3, 0.4) is 0 Å². The van der Waals surface area contributed by atoms with Crippen molar-refractivity contribution in [1.29, 1.82) is 0 Å². The van der Waals surface area contributed by atoms with E-state index in [1.165, 1.54) is 23.9 Å². The number of nitrogens with zero attached hydrogens (tertiary/aromatic N) is 3. The van der Waals surface area contributed by atoms with E-state index in [0.29, 0.717) is 6.04 Å². The minimum Gasteiger partial charge on any atom is -0.371 e. The van der Waals surface area contributed by atoms with E-state index in [2.05, 4.69) is 66.1 Å². The molecule has 1 fully saturated rings. The van der Waals surface area contributed by atoms with Crippen molar-refractivity contribution in [2.75, 3.05) is 31.1 Å².